The quantitative estimate of drug-likeness (QED) is 0.880. The largest absolute Gasteiger partial charge is 0.489 e. The first-order valence-corrected chi connectivity index (χ1v) is 8.24. The van der Waals surface area contributed by atoms with Crippen LogP contribution in [0.25, 0.3) is 0 Å². The van der Waals surface area contributed by atoms with Crippen molar-refractivity contribution in [1.29, 1.82) is 0 Å². The van der Waals surface area contributed by atoms with Crippen LogP contribution in [-0.2, 0) is 11.4 Å². The standard InChI is InChI=1S/C17H16FNO3S/c18-13-5-1-11(2-6-13)9-22-14-7-3-12(4-8-14)16-19-15(10-23-16)17(20)21/h1-8,15-16,19H,9-10H2,(H,20,21)/t15-,16-/m0/s1. The fraction of sp³-hybridized carbons (Fsp3) is 0.235. The number of halogens is 1. The minimum atomic E-state index is -0.820. The van der Waals surface area contributed by atoms with E-state index in [4.69, 9.17) is 9.84 Å². The molecule has 2 aromatic rings. The highest BCUT2D eigenvalue weighted by Crippen LogP contribution is 2.33. The molecule has 1 aliphatic rings. The van der Waals surface area contributed by atoms with E-state index in [-0.39, 0.29) is 11.2 Å². The second kappa shape index (κ2) is 7.02. The third-order valence-electron chi connectivity index (χ3n) is 3.58. The Balaban J connectivity index is 1.57. The normalized spacial score (nSPS) is 20.4. The van der Waals surface area contributed by atoms with E-state index in [1.165, 1.54) is 12.1 Å². The summed E-state index contributed by atoms with van der Waals surface area (Å²) in [6, 6.07) is 13.3. The number of nitrogens with one attached hydrogen (secondary N) is 1. The summed E-state index contributed by atoms with van der Waals surface area (Å²) < 4.78 is 18.5. The predicted octanol–water partition coefficient (Wildman–Crippen LogP) is 3.19. The van der Waals surface area contributed by atoms with Crippen LogP contribution in [0, 0.1) is 5.82 Å². The number of hydrogen-bond acceptors (Lipinski definition) is 4. The zero-order valence-electron chi connectivity index (χ0n) is 12.2. The van der Waals surface area contributed by atoms with Gasteiger partial charge in [0.1, 0.15) is 24.2 Å². The van der Waals surface area contributed by atoms with Crippen molar-refractivity contribution in [2.45, 2.75) is 18.0 Å². The topological polar surface area (TPSA) is 58.6 Å². The molecule has 2 atom stereocenters. The maximum Gasteiger partial charge on any atom is 0.321 e. The van der Waals surface area contributed by atoms with Gasteiger partial charge in [-0.25, -0.2) is 4.39 Å². The van der Waals surface area contributed by atoms with Crippen molar-refractivity contribution in [3.63, 3.8) is 0 Å². The fourth-order valence-electron chi connectivity index (χ4n) is 2.29. The molecule has 2 N–H and O–H groups in total. The maximum atomic E-state index is 12.8. The third-order valence-corrected chi connectivity index (χ3v) is 4.85. The highest BCUT2D eigenvalue weighted by atomic mass is 32.2. The third kappa shape index (κ3) is 4.03. The van der Waals surface area contributed by atoms with E-state index in [9.17, 15) is 9.18 Å². The zero-order valence-corrected chi connectivity index (χ0v) is 13.1. The first kappa shape index (κ1) is 15.8. The number of thioether (sulfide) groups is 1. The molecule has 23 heavy (non-hydrogen) atoms. The summed E-state index contributed by atoms with van der Waals surface area (Å²) in [6.07, 6.45) is 0. The van der Waals surface area contributed by atoms with Gasteiger partial charge in [-0.1, -0.05) is 24.3 Å². The van der Waals surface area contributed by atoms with Gasteiger partial charge in [-0.05, 0) is 35.4 Å². The van der Waals surface area contributed by atoms with E-state index in [1.807, 2.05) is 24.3 Å². The molecule has 0 saturated carbocycles. The Morgan fingerprint density at radius 3 is 2.52 bits per heavy atom. The number of hydrogen-bond donors (Lipinski definition) is 2. The van der Waals surface area contributed by atoms with Crippen LogP contribution in [0.3, 0.4) is 0 Å². The lowest BCUT2D eigenvalue weighted by Crippen LogP contribution is -2.33. The molecule has 120 valence electrons. The van der Waals surface area contributed by atoms with Gasteiger partial charge in [-0.15, -0.1) is 11.8 Å². The summed E-state index contributed by atoms with van der Waals surface area (Å²) in [6.45, 7) is 0.372. The van der Waals surface area contributed by atoms with Gasteiger partial charge in [0.2, 0.25) is 0 Å². The minimum absolute atomic E-state index is 0.0118. The van der Waals surface area contributed by atoms with Gasteiger partial charge in [-0.2, -0.15) is 0 Å². The molecule has 0 unspecified atom stereocenters. The highest BCUT2D eigenvalue weighted by molar-refractivity contribution is 7.99. The van der Waals surface area contributed by atoms with Gasteiger partial charge in [0.05, 0.1) is 5.37 Å². The monoisotopic (exact) mass is 333 g/mol. The molecule has 0 spiro atoms. The molecular formula is C17H16FNO3S. The van der Waals surface area contributed by atoms with Crippen LogP contribution in [-0.4, -0.2) is 22.9 Å². The Labute approximate surface area is 137 Å². The Kier molecular flexibility index (Phi) is 4.83. The van der Waals surface area contributed by atoms with Crippen molar-refractivity contribution in [3.8, 4) is 5.75 Å². The van der Waals surface area contributed by atoms with Gasteiger partial charge in [0, 0.05) is 5.75 Å². The van der Waals surface area contributed by atoms with Crippen LogP contribution in [0.2, 0.25) is 0 Å². The van der Waals surface area contributed by atoms with E-state index < -0.39 is 12.0 Å². The first-order valence-electron chi connectivity index (χ1n) is 7.19. The van der Waals surface area contributed by atoms with Gasteiger partial charge in [0.15, 0.2) is 0 Å². The molecule has 6 heteroatoms. The minimum Gasteiger partial charge on any atom is -0.489 e. The van der Waals surface area contributed by atoms with Gasteiger partial charge in [0.25, 0.3) is 0 Å². The molecule has 1 saturated heterocycles. The maximum absolute atomic E-state index is 12.8. The average Bonchev–Trinajstić information content (AvgIpc) is 3.05. The Morgan fingerprint density at radius 2 is 1.91 bits per heavy atom. The van der Waals surface area contributed by atoms with Crippen LogP contribution < -0.4 is 10.1 Å². The van der Waals surface area contributed by atoms with Crippen molar-refractivity contribution in [2.24, 2.45) is 0 Å². The van der Waals surface area contributed by atoms with Crippen molar-refractivity contribution in [2.75, 3.05) is 5.75 Å². The molecular weight excluding hydrogens is 317 g/mol. The van der Waals surface area contributed by atoms with E-state index in [0.717, 1.165) is 16.9 Å². The summed E-state index contributed by atoms with van der Waals surface area (Å²) in [4.78, 5) is 11.0. The molecule has 0 bridgehead atoms. The van der Waals surface area contributed by atoms with Crippen LogP contribution in [0.4, 0.5) is 4.39 Å². The molecule has 1 aliphatic heterocycles. The smallest absolute Gasteiger partial charge is 0.321 e. The Bertz CT molecular complexity index is 675. The van der Waals surface area contributed by atoms with E-state index in [0.29, 0.717) is 12.4 Å². The summed E-state index contributed by atoms with van der Waals surface area (Å²) in [7, 11) is 0. The Hall–Kier alpha value is -2.05. The summed E-state index contributed by atoms with van der Waals surface area (Å²) in [5, 5.41) is 12.1. The summed E-state index contributed by atoms with van der Waals surface area (Å²) >= 11 is 1.58. The van der Waals surface area contributed by atoms with Crippen molar-refractivity contribution < 1.29 is 19.0 Å². The zero-order chi connectivity index (χ0) is 16.2. The van der Waals surface area contributed by atoms with Crippen LogP contribution in [0.15, 0.2) is 48.5 Å². The summed E-state index contributed by atoms with van der Waals surface area (Å²) in [5.41, 5.74) is 1.92. The number of carboxylic acids is 1. The molecule has 0 radical (unpaired) electrons. The van der Waals surface area contributed by atoms with Crippen molar-refractivity contribution in [3.05, 3.63) is 65.5 Å². The number of ether oxygens (including phenoxy) is 1. The van der Waals surface area contributed by atoms with Crippen molar-refractivity contribution >= 4 is 17.7 Å². The van der Waals surface area contributed by atoms with E-state index in [2.05, 4.69) is 5.32 Å². The molecule has 0 amide bonds. The lowest BCUT2D eigenvalue weighted by Gasteiger charge is -2.12. The Morgan fingerprint density at radius 1 is 1.22 bits per heavy atom. The number of benzene rings is 2. The number of aliphatic carboxylic acids is 1. The second-order valence-corrected chi connectivity index (χ2v) is 6.39. The molecule has 3 rings (SSSR count). The van der Waals surface area contributed by atoms with E-state index >= 15 is 0 Å². The molecule has 4 nitrogen and oxygen atoms in total. The molecule has 2 aromatic carbocycles. The lowest BCUT2D eigenvalue weighted by atomic mass is 10.2. The van der Waals surface area contributed by atoms with Gasteiger partial charge >= 0.3 is 5.97 Å². The van der Waals surface area contributed by atoms with E-state index in [1.54, 1.807) is 23.9 Å². The average molecular weight is 333 g/mol. The van der Waals surface area contributed by atoms with Gasteiger partial charge in [-0.3, -0.25) is 10.1 Å². The van der Waals surface area contributed by atoms with Crippen LogP contribution in [0.1, 0.15) is 16.5 Å². The number of carbonyl (C=O) groups is 1. The highest BCUT2D eigenvalue weighted by Gasteiger charge is 2.30. The van der Waals surface area contributed by atoms with Crippen molar-refractivity contribution in [1.82, 2.24) is 5.32 Å². The molecule has 0 aromatic heterocycles. The molecule has 0 aliphatic carbocycles. The second-order valence-electron chi connectivity index (χ2n) is 5.26. The van der Waals surface area contributed by atoms with Gasteiger partial charge < -0.3 is 9.84 Å². The van der Waals surface area contributed by atoms with Crippen LogP contribution in [0.5, 0.6) is 5.75 Å². The molecule has 1 fully saturated rings. The summed E-state index contributed by atoms with van der Waals surface area (Å²) in [5.74, 6) is 0.192. The predicted molar refractivity (Wildman–Crippen MR) is 86.9 cm³/mol. The first-order chi connectivity index (χ1) is 11.1. The van der Waals surface area contributed by atoms with Crippen LogP contribution >= 0.6 is 11.8 Å². The SMILES string of the molecule is O=C(O)[C@@H]1CS[C@@H](c2ccc(OCc3ccc(F)cc3)cc2)N1. The molecule has 1 heterocycles. The number of carboxylic acid groups (broad SMARTS) is 1. The lowest BCUT2D eigenvalue weighted by molar-refractivity contribution is -0.138. The fourth-order valence-corrected chi connectivity index (χ4v) is 3.53. The number of rotatable bonds is 5.